The minimum Gasteiger partial charge on any atom is -0.459 e. The summed E-state index contributed by atoms with van der Waals surface area (Å²) in [6.45, 7) is 1.63. The summed E-state index contributed by atoms with van der Waals surface area (Å²) < 4.78 is 45.4. The first-order valence-corrected chi connectivity index (χ1v) is 10.6. The fourth-order valence-electron chi connectivity index (χ4n) is 3.70. The zero-order valence-electron chi connectivity index (χ0n) is 18.4. The van der Waals surface area contributed by atoms with E-state index < -0.39 is 18.7 Å². The molecule has 33 heavy (non-hydrogen) atoms. The first kappa shape index (κ1) is 24.1. The average molecular weight is 455 g/mol. The zero-order chi connectivity index (χ0) is 24.0. The van der Waals surface area contributed by atoms with Crippen LogP contribution in [0, 0.1) is 11.3 Å². The number of aryl methyl sites for hydroxylation is 1. The van der Waals surface area contributed by atoms with E-state index in [1.165, 1.54) is 6.92 Å². The van der Waals surface area contributed by atoms with E-state index in [2.05, 4.69) is 11.2 Å². The Kier molecular flexibility index (Phi) is 7.54. The molecule has 2 aromatic carbocycles. The molecule has 0 spiro atoms. The van der Waals surface area contributed by atoms with Gasteiger partial charge in [-0.3, -0.25) is 9.48 Å². The van der Waals surface area contributed by atoms with Gasteiger partial charge in [-0.1, -0.05) is 55.8 Å². The van der Waals surface area contributed by atoms with Crippen molar-refractivity contribution in [3.8, 4) is 17.2 Å². The SMILES string of the molecule is CCCc1nn(CC(F)(F)F)c(COC(C)=O)c1Cc1ccc(-c2ccccc2C#N)cc1. The Morgan fingerprint density at radius 2 is 1.85 bits per heavy atom. The highest BCUT2D eigenvalue weighted by Gasteiger charge is 2.31. The highest BCUT2D eigenvalue weighted by Crippen LogP contribution is 2.27. The van der Waals surface area contributed by atoms with Gasteiger partial charge in [-0.05, 0) is 29.2 Å². The van der Waals surface area contributed by atoms with Crippen LogP contribution in [-0.2, 0) is 35.5 Å². The lowest BCUT2D eigenvalue weighted by atomic mass is 9.96. The predicted molar refractivity (Wildman–Crippen MR) is 117 cm³/mol. The Balaban J connectivity index is 1.97. The highest BCUT2D eigenvalue weighted by atomic mass is 19.4. The van der Waals surface area contributed by atoms with Gasteiger partial charge in [0.15, 0.2) is 0 Å². The fourth-order valence-corrected chi connectivity index (χ4v) is 3.70. The number of rotatable bonds is 8. The molecule has 0 N–H and O–H groups in total. The van der Waals surface area contributed by atoms with E-state index in [1.807, 2.05) is 43.3 Å². The van der Waals surface area contributed by atoms with E-state index >= 15 is 0 Å². The number of aromatic nitrogens is 2. The first-order chi connectivity index (χ1) is 15.7. The topological polar surface area (TPSA) is 67.9 Å². The number of alkyl halides is 3. The lowest BCUT2D eigenvalue weighted by molar-refractivity contribution is -0.145. The van der Waals surface area contributed by atoms with E-state index in [9.17, 15) is 23.2 Å². The number of esters is 1. The van der Waals surface area contributed by atoms with E-state index in [1.54, 1.807) is 12.1 Å². The molecule has 8 heteroatoms. The smallest absolute Gasteiger partial charge is 0.408 e. The van der Waals surface area contributed by atoms with Gasteiger partial charge in [0.25, 0.3) is 0 Å². The number of nitrogens with zero attached hydrogens (tertiary/aromatic N) is 3. The summed E-state index contributed by atoms with van der Waals surface area (Å²) in [6.07, 6.45) is -2.87. The van der Waals surface area contributed by atoms with Gasteiger partial charge in [-0.15, -0.1) is 0 Å². The largest absolute Gasteiger partial charge is 0.459 e. The molecule has 0 saturated carbocycles. The van der Waals surface area contributed by atoms with E-state index in [-0.39, 0.29) is 12.3 Å². The van der Waals surface area contributed by atoms with Gasteiger partial charge in [-0.2, -0.15) is 23.5 Å². The number of carbonyl (C=O) groups is 1. The quantitative estimate of drug-likeness (QED) is 0.415. The average Bonchev–Trinajstić information content (AvgIpc) is 3.07. The van der Waals surface area contributed by atoms with Crippen LogP contribution in [0.3, 0.4) is 0 Å². The van der Waals surface area contributed by atoms with Crippen molar-refractivity contribution in [3.05, 3.63) is 76.6 Å². The Labute approximate surface area is 190 Å². The van der Waals surface area contributed by atoms with Gasteiger partial charge >= 0.3 is 12.1 Å². The second kappa shape index (κ2) is 10.3. The number of hydrogen-bond donors (Lipinski definition) is 0. The van der Waals surface area contributed by atoms with Crippen LogP contribution in [0.15, 0.2) is 48.5 Å². The molecular weight excluding hydrogens is 431 g/mol. The van der Waals surface area contributed by atoms with Crippen molar-refractivity contribution < 1.29 is 22.7 Å². The van der Waals surface area contributed by atoms with Crippen molar-refractivity contribution >= 4 is 5.97 Å². The van der Waals surface area contributed by atoms with Gasteiger partial charge in [0, 0.05) is 18.9 Å². The van der Waals surface area contributed by atoms with Crippen LogP contribution in [0.4, 0.5) is 13.2 Å². The molecule has 0 atom stereocenters. The van der Waals surface area contributed by atoms with E-state index in [0.29, 0.717) is 36.1 Å². The number of ether oxygens (including phenoxy) is 1. The number of hydrogen-bond acceptors (Lipinski definition) is 4. The minimum atomic E-state index is -4.45. The number of carbonyl (C=O) groups excluding carboxylic acids is 1. The lowest BCUT2D eigenvalue weighted by Gasteiger charge is -2.12. The molecular formula is C25H24F3N3O2. The number of benzene rings is 2. The van der Waals surface area contributed by atoms with Gasteiger partial charge in [0.1, 0.15) is 13.2 Å². The summed E-state index contributed by atoms with van der Waals surface area (Å²) in [6, 6.07) is 17.0. The molecule has 1 aromatic heterocycles. The Morgan fingerprint density at radius 3 is 2.45 bits per heavy atom. The minimum absolute atomic E-state index is 0.255. The molecule has 0 aliphatic heterocycles. The molecule has 0 radical (unpaired) electrons. The Hall–Kier alpha value is -3.60. The third kappa shape index (κ3) is 6.22. The van der Waals surface area contributed by atoms with Crippen LogP contribution in [-0.4, -0.2) is 21.9 Å². The third-order valence-electron chi connectivity index (χ3n) is 5.17. The third-order valence-corrected chi connectivity index (χ3v) is 5.17. The molecule has 0 aliphatic rings. The van der Waals surface area contributed by atoms with Crippen molar-refractivity contribution in [2.24, 2.45) is 0 Å². The number of halogens is 3. The molecule has 5 nitrogen and oxygen atoms in total. The molecule has 0 aliphatic carbocycles. The summed E-state index contributed by atoms with van der Waals surface area (Å²) in [5.41, 5.74) is 4.60. The van der Waals surface area contributed by atoms with Gasteiger partial charge in [-0.25, -0.2) is 0 Å². The molecule has 0 fully saturated rings. The van der Waals surface area contributed by atoms with Crippen LogP contribution in [0.25, 0.3) is 11.1 Å². The van der Waals surface area contributed by atoms with Crippen molar-refractivity contribution in [1.29, 1.82) is 5.26 Å². The molecule has 3 aromatic rings. The molecule has 172 valence electrons. The second-order valence-corrected chi connectivity index (χ2v) is 7.71. The molecule has 0 bridgehead atoms. The van der Waals surface area contributed by atoms with Crippen molar-refractivity contribution in [1.82, 2.24) is 9.78 Å². The summed E-state index contributed by atoms with van der Waals surface area (Å²) >= 11 is 0. The standard InChI is InChI=1S/C25H24F3N3O2/c1-3-6-23-22(24(15-33-17(2)32)31(30-23)16-25(26,27)28)13-18-9-11-19(12-10-18)21-8-5-4-7-20(21)14-29/h4-5,7-12H,3,6,13,15-16H2,1-2H3. The molecule has 1 heterocycles. The van der Waals surface area contributed by atoms with Gasteiger partial charge in [0.2, 0.25) is 0 Å². The van der Waals surface area contributed by atoms with Crippen LogP contribution < -0.4 is 0 Å². The van der Waals surface area contributed by atoms with Crippen molar-refractivity contribution in [3.63, 3.8) is 0 Å². The summed E-state index contributed by atoms with van der Waals surface area (Å²) in [7, 11) is 0. The van der Waals surface area contributed by atoms with Crippen molar-refractivity contribution in [2.75, 3.05) is 0 Å². The maximum atomic E-state index is 13.1. The molecule has 0 amide bonds. The Bertz CT molecular complexity index is 1160. The first-order valence-electron chi connectivity index (χ1n) is 10.6. The predicted octanol–water partition coefficient (Wildman–Crippen LogP) is 5.59. The van der Waals surface area contributed by atoms with E-state index in [4.69, 9.17) is 4.74 Å². The zero-order valence-corrected chi connectivity index (χ0v) is 18.4. The van der Waals surface area contributed by atoms with Crippen LogP contribution in [0.5, 0.6) is 0 Å². The van der Waals surface area contributed by atoms with Crippen LogP contribution in [0.1, 0.15) is 48.3 Å². The maximum absolute atomic E-state index is 13.1. The molecule has 0 unspecified atom stereocenters. The van der Waals surface area contributed by atoms with Crippen molar-refractivity contribution in [2.45, 2.75) is 52.4 Å². The Morgan fingerprint density at radius 1 is 1.15 bits per heavy atom. The molecule has 0 saturated heterocycles. The van der Waals surface area contributed by atoms with Gasteiger partial charge < -0.3 is 4.74 Å². The normalized spacial score (nSPS) is 11.3. The lowest BCUT2D eigenvalue weighted by Crippen LogP contribution is -2.21. The second-order valence-electron chi connectivity index (χ2n) is 7.71. The maximum Gasteiger partial charge on any atom is 0.408 e. The monoisotopic (exact) mass is 455 g/mol. The summed E-state index contributed by atoms with van der Waals surface area (Å²) in [5.74, 6) is -0.571. The van der Waals surface area contributed by atoms with Gasteiger partial charge in [0.05, 0.1) is 23.0 Å². The van der Waals surface area contributed by atoms with Crippen LogP contribution in [0.2, 0.25) is 0 Å². The van der Waals surface area contributed by atoms with E-state index in [0.717, 1.165) is 21.4 Å². The number of nitriles is 1. The summed E-state index contributed by atoms with van der Waals surface area (Å²) in [5, 5.41) is 13.6. The fraction of sp³-hybridized carbons (Fsp3) is 0.320. The molecule has 3 rings (SSSR count). The van der Waals surface area contributed by atoms with Crippen LogP contribution >= 0.6 is 0 Å². The highest BCUT2D eigenvalue weighted by molar-refractivity contribution is 5.70. The summed E-state index contributed by atoms with van der Waals surface area (Å²) in [4.78, 5) is 11.3.